The molecular formula is C17H23ClO. The van der Waals surface area contributed by atoms with Crippen molar-refractivity contribution in [3.05, 3.63) is 28.8 Å². The first kappa shape index (κ1) is 13.3. The van der Waals surface area contributed by atoms with E-state index >= 15 is 0 Å². The largest absolute Gasteiger partial charge is 0.489 e. The van der Waals surface area contributed by atoms with Crippen molar-refractivity contribution in [1.82, 2.24) is 0 Å². The van der Waals surface area contributed by atoms with Crippen molar-refractivity contribution < 1.29 is 4.74 Å². The van der Waals surface area contributed by atoms with Gasteiger partial charge in [0.2, 0.25) is 0 Å². The van der Waals surface area contributed by atoms with Crippen LogP contribution in [0.1, 0.15) is 48.8 Å². The van der Waals surface area contributed by atoms with E-state index in [2.05, 4.69) is 32.9 Å². The van der Waals surface area contributed by atoms with Crippen molar-refractivity contribution >= 4 is 11.6 Å². The Labute approximate surface area is 121 Å². The summed E-state index contributed by atoms with van der Waals surface area (Å²) in [5.41, 5.74) is 4.14. The maximum absolute atomic E-state index is 6.50. The molecule has 1 aromatic carbocycles. The quantitative estimate of drug-likeness (QED) is 0.697. The molecule has 3 rings (SSSR count). The Morgan fingerprint density at radius 3 is 2.47 bits per heavy atom. The van der Waals surface area contributed by atoms with E-state index in [-0.39, 0.29) is 5.41 Å². The van der Waals surface area contributed by atoms with E-state index in [0.717, 1.165) is 12.2 Å². The van der Waals surface area contributed by atoms with Crippen molar-refractivity contribution in [1.29, 1.82) is 0 Å². The number of rotatable bonds is 2. The van der Waals surface area contributed by atoms with Gasteiger partial charge in [0.25, 0.3) is 0 Å². The second-order valence-electron chi connectivity index (χ2n) is 6.45. The van der Waals surface area contributed by atoms with Crippen LogP contribution < -0.4 is 4.74 Å². The Hall–Kier alpha value is -0.690. The van der Waals surface area contributed by atoms with Gasteiger partial charge in [0, 0.05) is 17.2 Å². The molecule has 2 atom stereocenters. The highest BCUT2D eigenvalue weighted by Crippen LogP contribution is 2.57. The molecule has 0 aromatic heterocycles. The summed E-state index contributed by atoms with van der Waals surface area (Å²) in [6.45, 7) is 6.45. The molecule has 0 heterocycles. The normalized spacial score (nSPS) is 28.4. The Bertz CT molecular complexity index is 488. The fraction of sp³-hybridized carbons (Fsp3) is 0.647. The van der Waals surface area contributed by atoms with Gasteiger partial charge < -0.3 is 4.74 Å². The fourth-order valence-electron chi connectivity index (χ4n) is 3.81. The number of halogens is 1. The second-order valence-corrected chi connectivity index (χ2v) is 6.98. The van der Waals surface area contributed by atoms with Gasteiger partial charge in [-0.15, -0.1) is 11.6 Å². The summed E-state index contributed by atoms with van der Waals surface area (Å²) in [4.78, 5) is 0. The van der Waals surface area contributed by atoms with Crippen LogP contribution >= 0.6 is 11.6 Å². The van der Waals surface area contributed by atoms with Gasteiger partial charge in [-0.25, -0.2) is 0 Å². The first-order valence-electron chi connectivity index (χ1n) is 7.41. The molecule has 1 aromatic rings. The second kappa shape index (κ2) is 4.70. The molecule has 2 aliphatic carbocycles. The van der Waals surface area contributed by atoms with Crippen molar-refractivity contribution in [3.63, 3.8) is 0 Å². The number of aryl methyl sites for hydroxylation is 2. The van der Waals surface area contributed by atoms with Crippen LogP contribution in [0.3, 0.4) is 0 Å². The monoisotopic (exact) mass is 278 g/mol. The SMILES string of the molecule is Cc1cc(C)c(C)c(OC2CC(Cl)C23CCCC3)c1. The lowest BCUT2D eigenvalue weighted by Gasteiger charge is -2.51. The van der Waals surface area contributed by atoms with E-state index in [4.69, 9.17) is 16.3 Å². The van der Waals surface area contributed by atoms with Crippen molar-refractivity contribution in [2.45, 2.75) is 64.4 Å². The van der Waals surface area contributed by atoms with Gasteiger partial charge in [-0.05, 0) is 56.4 Å². The molecule has 1 spiro atoms. The maximum atomic E-state index is 6.50. The Balaban J connectivity index is 1.83. The van der Waals surface area contributed by atoms with Crippen LogP contribution in [0.2, 0.25) is 0 Å². The number of benzene rings is 1. The Morgan fingerprint density at radius 1 is 1.16 bits per heavy atom. The Morgan fingerprint density at radius 2 is 1.84 bits per heavy atom. The number of hydrogen-bond acceptors (Lipinski definition) is 1. The predicted molar refractivity (Wildman–Crippen MR) is 80.2 cm³/mol. The van der Waals surface area contributed by atoms with Crippen molar-refractivity contribution in [2.75, 3.05) is 0 Å². The standard InChI is InChI=1S/C17H23ClO/c1-11-8-12(2)13(3)14(9-11)19-16-10-15(18)17(16)6-4-5-7-17/h8-9,15-16H,4-7,10H2,1-3H3. The van der Waals surface area contributed by atoms with E-state index in [1.165, 1.54) is 42.4 Å². The zero-order valence-corrected chi connectivity index (χ0v) is 12.9. The van der Waals surface area contributed by atoms with Crippen molar-refractivity contribution in [2.24, 2.45) is 5.41 Å². The third-order valence-corrected chi connectivity index (χ3v) is 5.87. The van der Waals surface area contributed by atoms with Gasteiger partial charge in [0.1, 0.15) is 11.9 Å². The Kier molecular flexibility index (Phi) is 3.29. The zero-order chi connectivity index (χ0) is 13.6. The third-order valence-electron chi connectivity index (χ3n) is 5.25. The number of ether oxygens (including phenoxy) is 1. The van der Waals surface area contributed by atoms with Crippen LogP contribution in [0.5, 0.6) is 5.75 Å². The summed E-state index contributed by atoms with van der Waals surface area (Å²) in [6, 6.07) is 4.39. The minimum Gasteiger partial charge on any atom is -0.489 e. The molecule has 2 saturated carbocycles. The molecule has 104 valence electrons. The summed E-state index contributed by atoms with van der Waals surface area (Å²) in [5.74, 6) is 1.07. The minimum atomic E-state index is 0.269. The predicted octanol–water partition coefficient (Wildman–Crippen LogP) is 4.93. The summed E-state index contributed by atoms with van der Waals surface area (Å²) in [7, 11) is 0. The average molecular weight is 279 g/mol. The first-order chi connectivity index (χ1) is 9.03. The molecule has 0 bridgehead atoms. The van der Waals surface area contributed by atoms with Crippen LogP contribution in [0, 0.1) is 26.2 Å². The summed E-state index contributed by atoms with van der Waals surface area (Å²) < 4.78 is 6.37. The van der Waals surface area contributed by atoms with Crippen LogP contribution in [0.4, 0.5) is 0 Å². The molecule has 2 aliphatic rings. The molecule has 0 aliphatic heterocycles. The molecule has 2 fully saturated rings. The third kappa shape index (κ3) is 2.07. The average Bonchev–Trinajstić information content (AvgIpc) is 2.87. The molecule has 1 nitrogen and oxygen atoms in total. The van der Waals surface area contributed by atoms with Gasteiger partial charge in [-0.3, -0.25) is 0 Å². The summed E-state index contributed by atoms with van der Waals surface area (Å²) in [6.07, 6.45) is 6.46. The highest BCUT2D eigenvalue weighted by atomic mass is 35.5. The smallest absolute Gasteiger partial charge is 0.123 e. The van der Waals surface area contributed by atoms with Crippen molar-refractivity contribution in [3.8, 4) is 5.75 Å². The zero-order valence-electron chi connectivity index (χ0n) is 12.1. The highest BCUT2D eigenvalue weighted by molar-refractivity contribution is 6.21. The molecule has 0 amide bonds. The number of alkyl halides is 1. The van der Waals surface area contributed by atoms with E-state index in [0.29, 0.717) is 11.5 Å². The van der Waals surface area contributed by atoms with Gasteiger partial charge in [0.05, 0.1) is 0 Å². The van der Waals surface area contributed by atoms with Crippen LogP contribution in [0.15, 0.2) is 12.1 Å². The molecule has 2 heteroatoms. The fourth-order valence-corrected chi connectivity index (χ4v) is 4.33. The maximum Gasteiger partial charge on any atom is 0.123 e. The van der Waals surface area contributed by atoms with Gasteiger partial charge in [-0.2, -0.15) is 0 Å². The van der Waals surface area contributed by atoms with Gasteiger partial charge in [-0.1, -0.05) is 18.9 Å². The lowest BCUT2D eigenvalue weighted by atomic mass is 9.64. The topological polar surface area (TPSA) is 9.23 Å². The van der Waals surface area contributed by atoms with Crippen LogP contribution in [-0.4, -0.2) is 11.5 Å². The van der Waals surface area contributed by atoms with E-state index < -0.39 is 0 Å². The van der Waals surface area contributed by atoms with E-state index in [1.54, 1.807) is 0 Å². The lowest BCUT2D eigenvalue weighted by Crippen LogP contribution is -2.55. The molecule has 0 saturated heterocycles. The highest BCUT2D eigenvalue weighted by Gasteiger charge is 2.57. The molecule has 0 radical (unpaired) electrons. The van der Waals surface area contributed by atoms with Gasteiger partial charge in [0.15, 0.2) is 0 Å². The molecule has 19 heavy (non-hydrogen) atoms. The lowest BCUT2D eigenvalue weighted by molar-refractivity contribution is -0.0359. The van der Waals surface area contributed by atoms with Crippen LogP contribution in [-0.2, 0) is 0 Å². The number of hydrogen-bond donors (Lipinski definition) is 0. The first-order valence-corrected chi connectivity index (χ1v) is 7.85. The molecular weight excluding hydrogens is 256 g/mol. The van der Waals surface area contributed by atoms with Crippen LogP contribution in [0.25, 0.3) is 0 Å². The van der Waals surface area contributed by atoms with Gasteiger partial charge >= 0.3 is 0 Å². The van der Waals surface area contributed by atoms with E-state index in [1.807, 2.05) is 0 Å². The minimum absolute atomic E-state index is 0.269. The summed E-state index contributed by atoms with van der Waals surface area (Å²) in [5, 5.41) is 0.325. The van der Waals surface area contributed by atoms with E-state index in [9.17, 15) is 0 Å². The summed E-state index contributed by atoms with van der Waals surface area (Å²) >= 11 is 6.50. The molecule has 0 N–H and O–H groups in total. The molecule has 2 unspecified atom stereocenters.